The number of furan rings is 1. The Morgan fingerprint density at radius 3 is 2.48 bits per heavy atom. The van der Waals surface area contributed by atoms with Gasteiger partial charge in [-0.3, -0.25) is 9.59 Å². The molecule has 1 aromatic carbocycles. The molecule has 0 aliphatic rings. The van der Waals surface area contributed by atoms with Gasteiger partial charge in [-0.15, -0.1) is 0 Å². The lowest BCUT2D eigenvalue weighted by molar-refractivity contribution is -0.127. The first-order valence-electron chi connectivity index (χ1n) is 8.48. The third-order valence-corrected chi connectivity index (χ3v) is 3.97. The molecule has 1 heterocycles. The van der Waals surface area contributed by atoms with Crippen molar-refractivity contribution in [1.29, 1.82) is 0 Å². The van der Waals surface area contributed by atoms with Crippen LogP contribution in [-0.4, -0.2) is 24.9 Å². The van der Waals surface area contributed by atoms with E-state index in [0.29, 0.717) is 5.76 Å². The van der Waals surface area contributed by atoms with E-state index in [4.69, 9.17) is 4.42 Å². The number of nitrogens with zero attached hydrogens (tertiary/aromatic N) is 1. The molecule has 0 saturated heterocycles. The van der Waals surface area contributed by atoms with E-state index in [1.165, 1.54) is 0 Å². The van der Waals surface area contributed by atoms with Gasteiger partial charge in [0.15, 0.2) is 0 Å². The highest BCUT2D eigenvalue weighted by Crippen LogP contribution is 2.22. The number of benzene rings is 1. The fraction of sp³-hybridized carbons (Fsp3) is 0.368. The van der Waals surface area contributed by atoms with E-state index in [0.717, 1.165) is 30.0 Å². The molecule has 2 rings (SSSR count). The van der Waals surface area contributed by atoms with Crippen LogP contribution in [0.5, 0.6) is 0 Å². The molecule has 0 bridgehead atoms. The molecule has 0 aliphatic heterocycles. The molecule has 0 atom stereocenters. The fourth-order valence-electron chi connectivity index (χ4n) is 2.58. The summed E-state index contributed by atoms with van der Waals surface area (Å²) in [6.45, 7) is 8.29. The molecular formula is C19H25N3O3. The summed E-state index contributed by atoms with van der Waals surface area (Å²) >= 11 is 0. The first-order valence-corrected chi connectivity index (χ1v) is 8.48. The number of hydrogen-bond donors (Lipinski definition) is 2. The van der Waals surface area contributed by atoms with Crippen LogP contribution in [0, 0.1) is 6.92 Å². The lowest BCUT2D eigenvalue weighted by atomic mass is 10.1. The first-order chi connectivity index (χ1) is 12.0. The molecule has 0 fully saturated rings. The maximum Gasteiger partial charge on any atom is 0.233 e. The van der Waals surface area contributed by atoms with Crippen molar-refractivity contribution in [3.05, 3.63) is 47.9 Å². The van der Waals surface area contributed by atoms with Crippen molar-refractivity contribution in [3.63, 3.8) is 0 Å². The van der Waals surface area contributed by atoms with E-state index >= 15 is 0 Å². The van der Waals surface area contributed by atoms with Gasteiger partial charge in [-0.1, -0.05) is 0 Å². The van der Waals surface area contributed by atoms with Crippen LogP contribution in [0.4, 0.5) is 11.4 Å². The average Bonchev–Trinajstić information content (AvgIpc) is 3.10. The van der Waals surface area contributed by atoms with Crippen molar-refractivity contribution >= 4 is 23.2 Å². The second-order valence-electron chi connectivity index (χ2n) is 5.75. The SMILES string of the molecule is CCN(CC)c1ccc(NC(=O)CC(=O)NCc2ccco2)c(C)c1. The van der Waals surface area contributed by atoms with Crippen molar-refractivity contribution in [1.82, 2.24) is 5.32 Å². The Balaban J connectivity index is 1.88. The van der Waals surface area contributed by atoms with Gasteiger partial charge in [0.1, 0.15) is 12.2 Å². The van der Waals surface area contributed by atoms with Gasteiger partial charge in [0.25, 0.3) is 0 Å². The molecule has 2 N–H and O–H groups in total. The van der Waals surface area contributed by atoms with E-state index in [1.54, 1.807) is 18.4 Å². The molecule has 0 spiro atoms. The predicted octanol–water partition coefficient (Wildman–Crippen LogP) is 3.08. The van der Waals surface area contributed by atoms with Gasteiger partial charge < -0.3 is 20.0 Å². The third-order valence-electron chi connectivity index (χ3n) is 3.97. The number of amides is 2. The summed E-state index contributed by atoms with van der Waals surface area (Å²) in [4.78, 5) is 26.1. The number of anilines is 2. The third kappa shape index (κ3) is 5.38. The monoisotopic (exact) mass is 343 g/mol. The van der Waals surface area contributed by atoms with E-state index in [9.17, 15) is 9.59 Å². The summed E-state index contributed by atoms with van der Waals surface area (Å²) < 4.78 is 5.13. The Morgan fingerprint density at radius 1 is 1.12 bits per heavy atom. The summed E-state index contributed by atoms with van der Waals surface area (Å²) in [5, 5.41) is 5.45. The summed E-state index contributed by atoms with van der Waals surface area (Å²) in [7, 11) is 0. The van der Waals surface area contributed by atoms with E-state index < -0.39 is 0 Å². The fourth-order valence-corrected chi connectivity index (χ4v) is 2.58. The van der Waals surface area contributed by atoms with Crippen LogP contribution in [0.25, 0.3) is 0 Å². The Kier molecular flexibility index (Phi) is 6.62. The molecule has 25 heavy (non-hydrogen) atoms. The Hall–Kier alpha value is -2.76. The van der Waals surface area contributed by atoms with E-state index in [-0.39, 0.29) is 24.8 Å². The molecule has 0 aliphatic carbocycles. The van der Waals surface area contributed by atoms with Crippen molar-refractivity contribution in [3.8, 4) is 0 Å². The van der Waals surface area contributed by atoms with Crippen LogP contribution in [0.3, 0.4) is 0 Å². The number of nitrogens with one attached hydrogen (secondary N) is 2. The maximum absolute atomic E-state index is 12.1. The standard InChI is InChI=1S/C19H25N3O3/c1-4-22(5-2)15-8-9-17(14(3)11-15)21-19(24)12-18(23)20-13-16-7-6-10-25-16/h6-11H,4-5,12-13H2,1-3H3,(H,20,23)(H,21,24). The van der Waals surface area contributed by atoms with Crippen LogP contribution < -0.4 is 15.5 Å². The van der Waals surface area contributed by atoms with Gasteiger partial charge in [-0.05, 0) is 56.7 Å². The maximum atomic E-state index is 12.1. The number of rotatable bonds is 8. The lowest BCUT2D eigenvalue weighted by Crippen LogP contribution is -2.27. The van der Waals surface area contributed by atoms with Crippen molar-refractivity contribution in [2.45, 2.75) is 33.7 Å². The molecule has 2 amide bonds. The second kappa shape index (κ2) is 8.92. The topological polar surface area (TPSA) is 74.6 Å². The average molecular weight is 343 g/mol. The first kappa shape index (κ1) is 18.6. The van der Waals surface area contributed by atoms with Crippen LogP contribution in [0.2, 0.25) is 0 Å². The normalized spacial score (nSPS) is 10.4. The lowest BCUT2D eigenvalue weighted by Gasteiger charge is -2.22. The molecule has 134 valence electrons. The van der Waals surface area contributed by atoms with Gasteiger partial charge in [0.2, 0.25) is 11.8 Å². The highest BCUT2D eigenvalue weighted by molar-refractivity contribution is 6.03. The molecule has 6 nitrogen and oxygen atoms in total. The summed E-state index contributed by atoms with van der Waals surface area (Å²) in [6, 6.07) is 9.41. The molecule has 6 heteroatoms. The van der Waals surface area contributed by atoms with E-state index in [1.807, 2.05) is 25.1 Å². The Labute approximate surface area is 148 Å². The zero-order valence-electron chi connectivity index (χ0n) is 15.0. The number of hydrogen-bond acceptors (Lipinski definition) is 4. The zero-order chi connectivity index (χ0) is 18.2. The molecule has 0 unspecified atom stereocenters. The molecular weight excluding hydrogens is 318 g/mol. The van der Waals surface area contributed by atoms with Crippen LogP contribution >= 0.6 is 0 Å². The minimum absolute atomic E-state index is 0.224. The smallest absolute Gasteiger partial charge is 0.233 e. The van der Waals surface area contributed by atoms with E-state index in [2.05, 4.69) is 29.4 Å². The van der Waals surface area contributed by atoms with Gasteiger partial charge in [0, 0.05) is 24.5 Å². The zero-order valence-corrected chi connectivity index (χ0v) is 15.0. The van der Waals surface area contributed by atoms with Crippen molar-refractivity contribution < 1.29 is 14.0 Å². The van der Waals surface area contributed by atoms with Crippen LogP contribution in [0.1, 0.15) is 31.6 Å². The largest absolute Gasteiger partial charge is 0.467 e. The molecule has 0 radical (unpaired) electrons. The number of carbonyl (C=O) groups excluding carboxylic acids is 2. The van der Waals surface area contributed by atoms with Crippen LogP contribution in [0.15, 0.2) is 41.0 Å². The molecule has 0 saturated carbocycles. The summed E-state index contributed by atoms with van der Waals surface area (Å²) in [5.74, 6) is -0.0291. The minimum atomic E-state index is -0.341. The predicted molar refractivity (Wildman–Crippen MR) is 98.5 cm³/mol. The van der Waals surface area contributed by atoms with Crippen molar-refractivity contribution in [2.75, 3.05) is 23.3 Å². The van der Waals surface area contributed by atoms with Crippen LogP contribution in [-0.2, 0) is 16.1 Å². The minimum Gasteiger partial charge on any atom is -0.467 e. The van der Waals surface area contributed by atoms with Gasteiger partial charge in [-0.2, -0.15) is 0 Å². The van der Waals surface area contributed by atoms with Gasteiger partial charge in [-0.25, -0.2) is 0 Å². The Bertz CT molecular complexity index is 707. The quantitative estimate of drug-likeness (QED) is 0.722. The molecule has 2 aromatic rings. The highest BCUT2D eigenvalue weighted by Gasteiger charge is 2.12. The number of aryl methyl sites for hydroxylation is 1. The van der Waals surface area contributed by atoms with Gasteiger partial charge >= 0.3 is 0 Å². The highest BCUT2D eigenvalue weighted by atomic mass is 16.3. The Morgan fingerprint density at radius 2 is 1.88 bits per heavy atom. The summed E-state index contributed by atoms with van der Waals surface area (Å²) in [6.07, 6.45) is 1.32. The summed E-state index contributed by atoms with van der Waals surface area (Å²) in [5.41, 5.74) is 2.81. The molecule has 1 aromatic heterocycles. The van der Waals surface area contributed by atoms with Gasteiger partial charge in [0.05, 0.1) is 12.8 Å². The number of carbonyl (C=O) groups is 2. The van der Waals surface area contributed by atoms with Crippen molar-refractivity contribution in [2.24, 2.45) is 0 Å². The second-order valence-corrected chi connectivity index (χ2v) is 5.75.